The lowest BCUT2D eigenvalue weighted by atomic mass is 10.2. The van der Waals surface area contributed by atoms with Crippen molar-refractivity contribution in [3.05, 3.63) is 23.5 Å². The Hall–Kier alpha value is -1.13. The molecule has 0 saturated heterocycles. The maximum absolute atomic E-state index is 5.71. The SMILES string of the molecule is Cc1cc(OCCCN(C)C)c(CN)cn1. The topological polar surface area (TPSA) is 51.4 Å². The van der Waals surface area contributed by atoms with Crippen molar-refractivity contribution in [1.29, 1.82) is 0 Å². The number of pyridine rings is 1. The van der Waals surface area contributed by atoms with Gasteiger partial charge in [-0.05, 0) is 27.4 Å². The first-order valence-corrected chi connectivity index (χ1v) is 5.56. The molecule has 0 unspecified atom stereocenters. The van der Waals surface area contributed by atoms with Crippen LogP contribution in [0.15, 0.2) is 12.3 Å². The maximum atomic E-state index is 5.71. The van der Waals surface area contributed by atoms with Crippen molar-refractivity contribution in [3.8, 4) is 5.75 Å². The lowest BCUT2D eigenvalue weighted by Crippen LogP contribution is -2.16. The van der Waals surface area contributed by atoms with E-state index in [1.54, 1.807) is 6.20 Å². The molecule has 0 atom stereocenters. The van der Waals surface area contributed by atoms with Crippen LogP contribution in [0.5, 0.6) is 5.75 Å². The maximum Gasteiger partial charge on any atom is 0.127 e. The number of aromatic nitrogens is 1. The molecule has 0 aliphatic rings. The molecule has 2 N–H and O–H groups in total. The highest BCUT2D eigenvalue weighted by Crippen LogP contribution is 2.18. The number of ether oxygens (including phenoxy) is 1. The first-order chi connectivity index (χ1) is 7.63. The van der Waals surface area contributed by atoms with Gasteiger partial charge < -0.3 is 15.4 Å². The van der Waals surface area contributed by atoms with Crippen molar-refractivity contribution in [3.63, 3.8) is 0 Å². The Morgan fingerprint density at radius 3 is 2.81 bits per heavy atom. The Bertz CT molecular complexity index is 326. The van der Waals surface area contributed by atoms with E-state index in [1.165, 1.54) is 0 Å². The Labute approximate surface area is 97.4 Å². The van der Waals surface area contributed by atoms with Gasteiger partial charge >= 0.3 is 0 Å². The molecule has 90 valence electrons. The third-order valence-corrected chi connectivity index (χ3v) is 2.31. The van der Waals surface area contributed by atoms with Crippen LogP contribution in [-0.2, 0) is 6.54 Å². The summed E-state index contributed by atoms with van der Waals surface area (Å²) in [5.41, 5.74) is 7.55. The molecule has 0 aromatic carbocycles. The fourth-order valence-electron chi connectivity index (χ4n) is 1.41. The molecule has 0 saturated carbocycles. The zero-order chi connectivity index (χ0) is 12.0. The molecule has 4 heteroatoms. The monoisotopic (exact) mass is 223 g/mol. The van der Waals surface area contributed by atoms with Crippen LogP contribution in [-0.4, -0.2) is 37.1 Å². The molecular weight excluding hydrogens is 202 g/mol. The van der Waals surface area contributed by atoms with Gasteiger partial charge in [0.2, 0.25) is 0 Å². The molecule has 1 rings (SSSR count). The number of nitrogens with zero attached hydrogens (tertiary/aromatic N) is 2. The minimum atomic E-state index is 0.469. The summed E-state index contributed by atoms with van der Waals surface area (Å²) in [5, 5.41) is 0. The first kappa shape index (κ1) is 12.9. The minimum absolute atomic E-state index is 0.469. The highest BCUT2D eigenvalue weighted by molar-refractivity contribution is 5.32. The van der Waals surface area contributed by atoms with Crippen molar-refractivity contribution >= 4 is 0 Å². The van der Waals surface area contributed by atoms with E-state index in [4.69, 9.17) is 10.5 Å². The molecule has 0 radical (unpaired) electrons. The Morgan fingerprint density at radius 2 is 2.19 bits per heavy atom. The van der Waals surface area contributed by atoms with Gasteiger partial charge in [-0.25, -0.2) is 0 Å². The van der Waals surface area contributed by atoms with Crippen LogP contribution in [0.3, 0.4) is 0 Å². The molecule has 0 aliphatic carbocycles. The molecule has 0 fully saturated rings. The third-order valence-electron chi connectivity index (χ3n) is 2.31. The average Bonchev–Trinajstić information content (AvgIpc) is 2.24. The fraction of sp³-hybridized carbons (Fsp3) is 0.583. The van der Waals surface area contributed by atoms with E-state index < -0.39 is 0 Å². The zero-order valence-corrected chi connectivity index (χ0v) is 10.4. The van der Waals surface area contributed by atoms with Crippen LogP contribution in [0, 0.1) is 6.92 Å². The largest absolute Gasteiger partial charge is 0.493 e. The van der Waals surface area contributed by atoms with E-state index in [-0.39, 0.29) is 0 Å². The van der Waals surface area contributed by atoms with Gasteiger partial charge in [0.15, 0.2) is 0 Å². The molecule has 16 heavy (non-hydrogen) atoms. The zero-order valence-electron chi connectivity index (χ0n) is 10.4. The van der Waals surface area contributed by atoms with E-state index in [0.29, 0.717) is 13.2 Å². The van der Waals surface area contributed by atoms with Gasteiger partial charge in [-0.3, -0.25) is 4.98 Å². The summed E-state index contributed by atoms with van der Waals surface area (Å²) in [7, 11) is 4.11. The van der Waals surface area contributed by atoms with Gasteiger partial charge in [0, 0.05) is 36.6 Å². The van der Waals surface area contributed by atoms with Crippen LogP contribution in [0.25, 0.3) is 0 Å². The predicted molar refractivity (Wildman–Crippen MR) is 65.5 cm³/mol. The first-order valence-electron chi connectivity index (χ1n) is 5.56. The van der Waals surface area contributed by atoms with Gasteiger partial charge in [0.25, 0.3) is 0 Å². The molecule has 4 nitrogen and oxygen atoms in total. The second-order valence-corrected chi connectivity index (χ2v) is 4.14. The van der Waals surface area contributed by atoms with Crippen molar-refractivity contribution in [2.45, 2.75) is 19.9 Å². The molecule has 0 spiro atoms. The molecule has 1 aromatic rings. The fourth-order valence-corrected chi connectivity index (χ4v) is 1.41. The van der Waals surface area contributed by atoms with E-state index >= 15 is 0 Å². The molecule has 1 heterocycles. The normalized spacial score (nSPS) is 10.8. The van der Waals surface area contributed by atoms with E-state index in [9.17, 15) is 0 Å². The summed E-state index contributed by atoms with van der Waals surface area (Å²) in [6, 6.07) is 1.94. The van der Waals surface area contributed by atoms with Gasteiger partial charge in [0.1, 0.15) is 5.75 Å². The Morgan fingerprint density at radius 1 is 1.44 bits per heavy atom. The summed E-state index contributed by atoms with van der Waals surface area (Å²) in [6.45, 7) is 4.17. The second-order valence-electron chi connectivity index (χ2n) is 4.14. The van der Waals surface area contributed by atoms with Crippen LogP contribution in [0.4, 0.5) is 0 Å². The number of nitrogens with two attached hydrogens (primary N) is 1. The van der Waals surface area contributed by atoms with Crippen LogP contribution in [0.1, 0.15) is 17.7 Å². The van der Waals surface area contributed by atoms with Crippen molar-refractivity contribution in [1.82, 2.24) is 9.88 Å². The van der Waals surface area contributed by atoms with Crippen LogP contribution >= 0.6 is 0 Å². The average molecular weight is 223 g/mol. The van der Waals surface area contributed by atoms with Gasteiger partial charge in [0.05, 0.1) is 6.61 Å². The standard InChI is InChI=1S/C12H21N3O/c1-10-7-12(11(8-13)9-14-10)16-6-4-5-15(2)3/h7,9H,4-6,8,13H2,1-3H3. The van der Waals surface area contributed by atoms with Crippen molar-refractivity contribution < 1.29 is 4.74 Å². The van der Waals surface area contributed by atoms with Crippen LogP contribution in [0.2, 0.25) is 0 Å². The number of aryl methyl sites for hydroxylation is 1. The van der Waals surface area contributed by atoms with Crippen LogP contribution < -0.4 is 10.5 Å². The predicted octanol–water partition coefficient (Wildman–Crippen LogP) is 1.18. The summed E-state index contributed by atoms with van der Waals surface area (Å²) < 4.78 is 5.71. The minimum Gasteiger partial charge on any atom is -0.493 e. The lowest BCUT2D eigenvalue weighted by molar-refractivity contribution is 0.279. The van der Waals surface area contributed by atoms with E-state index in [1.807, 2.05) is 13.0 Å². The van der Waals surface area contributed by atoms with E-state index in [0.717, 1.165) is 30.0 Å². The highest BCUT2D eigenvalue weighted by Gasteiger charge is 2.03. The number of hydrogen-bond acceptors (Lipinski definition) is 4. The molecule has 1 aromatic heterocycles. The van der Waals surface area contributed by atoms with Gasteiger partial charge in [-0.1, -0.05) is 0 Å². The summed E-state index contributed by atoms with van der Waals surface area (Å²) in [4.78, 5) is 6.34. The smallest absolute Gasteiger partial charge is 0.127 e. The van der Waals surface area contributed by atoms with Gasteiger partial charge in [-0.2, -0.15) is 0 Å². The summed E-state index contributed by atoms with van der Waals surface area (Å²) in [6.07, 6.45) is 2.80. The molecule has 0 bridgehead atoms. The molecule has 0 aliphatic heterocycles. The highest BCUT2D eigenvalue weighted by atomic mass is 16.5. The molecule has 0 amide bonds. The molecular formula is C12H21N3O. The Kier molecular flexibility index (Phi) is 5.22. The second kappa shape index (κ2) is 6.45. The third kappa shape index (κ3) is 4.16. The van der Waals surface area contributed by atoms with Gasteiger partial charge in [-0.15, -0.1) is 0 Å². The van der Waals surface area contributed by atoms with E-state index in [2.05, 4.69) is 24.0 Å². The Balaban J connectivity index is 2.48. The van der Waals surface area contributed by atoms with Crippen molar-refractivity contribution in [2.75, 3.05) is 27.2 Å². The summed E-state index contributed by atoms with van der Waals surface area (Å²) >= 11 is 0. The quantitative estimate of drug-likeness (QED) is 0.736. The summed E-state index contributed by atoms with van der Waals surface area (Å²) in [5.74, 6) is 0.869. The van der Waals surface area contributed by atoms with Crippen molar-refractivity contribution in [2.24, 2.45) is 5.73 Å². The lowest BCUT2D eigenvalue weighted by Gasteiger charge is -2.12. The number of rotatable bonds is 6. The number of hydrogen-bond donors (Lipinski definition) is 1.